The monoisotopic (exact) mass is 280 g/mol. The summed E-state index contributed by atoms with van der Waals surface area (Å²) in [6, 6.07) is 8.88. The molecule has 1 heterocycles. The first-order valence-corrected chi connectivity index (χ1v) is 7.49. The van der Waals surface area contributed by atoms with Crippen molar-refractivity contribution in [3.05, 3.63) is 24.3 Å². The molecule has 112 valence electrons. The minimum atomic E-state index is -0.457. The van der Waals surface area contributed by atoms with Crippen LogP contribution in [0.5, 0.6) is 5.75 Å². The van der Waals surface area contributed by atoms with Crippen molar-refractivity contribution in [3.8, 4) is 5.75 Å². The minimum absolute atomic E-state index is 0.116. The van der Waals surface area contributed by atoms with Gasteiger partial charge in [0.1, 0.15) is 19.0 Å². The zero-order chi connectivity index (χ0) is 14.4. The van der Waals surface area contributed by atoms with Crippen LogP contribution in [0.3, 0.4) is 0 Å². The van der Waals surface area contributed by atoms with Crippen LogP contribution < -0.4 is 10.1 Å². The number of anilines is 1. The van der Waals surface area contributed by atoms with Crippen LogP contribution in [0.1, 0.15) is 26.7 Å². The SMILES string of the molecule is CC(C)N1CCC(Nc2ccccc2OCCF)CC1. The third kappa shape index (κ3) is 4.10. The number of halogens is 1. The van der Waals surface area contributed by atoms with E-state index in [1.165, 1.54) is 0 Å². The fourth-order valence-electron chi connectivity index (χ4n) is 2.64. The van der Waals surface area contributed by atoms with Crippen LogP contribution in [0.15, 0.2) is 24.3 Å². The average Bonchev–Trinajstić information content (AvgIpc) is 2.47. The number of hydrogen-bond donors (Lipinski definition) is 1. The largest absolute Gasteiger partial charge is 0.489 e. The van der Waals surface area contributed by atoms with Crippen molar-refractivity contribution in [2.75, 3.05) is 31.7 Å². The number of piperidine rings is 1. The first-order chi connectivity index (χ1) is 9.70. The molecule has 1 aliphatic rings. The first-order valence-electron chi connectivity index (χ1n) is 7.49. The molecule has 0 bridgehead atoms. The predicted molar refractivity (Wildman–Crippen MR) is 81.3 cm³/mol. The number of rotatable bonds is 6. The molecule has 1 aromatic carbocycles. The fourth-order valence-corrected chi connectivity index (χ4v) is 2.64. The highest BCUT2D eigenvalue weighted by Gasteiger charge is 2.21. The van der Waals surface area contributed by atoms with E-state index in [-0.39, 0.29) is 6.61 Å². The topological polar surface area (TPSA) is 24.5 Å². The zero-order valence-electron chi connectivity index (χ0n) is 12.4. The highest BCUT2D eigenvalue weighted by atomic mass is 19.1. The second-order valence-electron chi connectivity index (χ2n) is 5.58. The van der Waals surface area contributed by atoms with Crippen molar-refractivity contribution in [2.24, 2.45) is 0 Å². The van der Waals surface area contributed by atoms with Crippen LogP contribution >= 0.6 is 0 Å². The maximum absolute atomic E-state index is 12.2. The molecule has 0 atom stereocenters. The van der Waals surface area contributed by atoms with Gasteiger partial charge in [-0.15, -0.1) is 0 Å². The summed E-state index contributed by atoms with van der Waals surface area (Å²) < 4.78 is 17.7. The van der Waals surface area contributed by atoms with Crippen molar-refractivity contribution in [1.29, 1.82) is 0 Å². The molecule has 4 heteroatoms. The third-order valence-corrected chi connectivity index (χ3v) is 3.84. The highest BCUT2D eigenvalue weighted by molar-refractivity contribution is 5.56. The van der Waals surface area contributed by atoms with E-state index in [4.69, 9.17) is 4.74 Å². The van der Waals surface area contributed by atoms with Crippen molar-refractivity contribution in [1.82, 2.24) is 4.90 Å². The molecular formula is C16H25FN2O. The summed E-state index contributed by atoms with van der Waals surface area (Å²) >= 11 is 0. The summed E-state index contributed by atoms with van der Waals surface area (Å²) in [4.78, 5) is 2.50. The summed E-state index contributed by atoms with van der Waals surface area (Å²) in [5.74, 6) is 0.747. The number of likely N-dealkylation sites (tertiary alicyclic amines) is 1. The summed E-state index contributed by atoms with van der Waals surface area (Å²) in [5, 5.41) is 3.54. The van der Waals surface area contributed by atoms with Gasteiger partial charge in [-0.1, -0.05) is 12.1 Å². The second kappa shape index (κ2) is 7.48. The van der Waals surface area contributed by atoms with E-state index >= 15 is 0 Å². The van der Waals surface area contributed by atoms with Crippen molar-refractivity contribution >= 4 is 5.69 Å². The molecule has 0 aliphatic carbocycles. The molecule has 0 unspecified atom stereocenters. The number of ether oxygens (including phenoxy) is 1. The Morgan fingerprint density at radius 1 is 1.30 bits per heavy atom. The standard InChI is InChI=1S/C16H25FN2O/c1-13(2)19-10-7-14(8-11-19)18-15-5-3-4-6-16(15)20-12-9-17/h3-6,13-14,18H,7-12H2,1-2H3. The van der Waals surface area contributed by atoms with Gasteiger partial charge in [0.2, 0.25) is 0 Å². The lowest BCUT2D eigenvalue weighted by molar-refractivity contribution is 0.177. The summed E-state index contributed by atoms with van der Waals surface area (Å²) in [6.45, 7) is 6.40. The third-order valence-electron chi connectivity index (χ3n) is 3.84. The van der Waals surface area contributed by atoms with E-state index in [9.17, 15) is 4.39 Å². The van der Waals surface area contributed by atoms with E-state index in [2.05, 4.69) is 24.1 Å². The van der Waals surface area contributed by atoms with Gasteiger partial charge in [-0.2, -0.15) is 0 Å². The average molecular weight is 280 g/mol. The molecule has 0 aromatic heterocycles. The van der Waals surface area contributed by atoms with Crippen LogP contribution in [-0.2, 0) is 0 Å². The fraction of sp³-hybridized carbons (Fsp3) is 0.625. The molecule has 1 aromatic rings. The zero-order valence-corrected chi connectivity index (χ0v) is 12.4. The number of nitrogens with one attached hydrogen (secondary N) is 1. The lowest BCUT2D eigenvalue weighted by Gasteiger charge is -2.35. The number of hydrogen-bond acceptors (Lipinski definition) is 3. The van der Waals surface area contributed by atoms with Crippen molar-refractivity contribution in [3.63, 3.8) is 0 Å². The van der Waals surface area contributed by atoms with E-state index in [1.807, 2.05) is 24.3 Å². The molecule has 20 heavy (non-hydrogen) atoms. The Hall–Kier alpha value is -1.29. The van der Waals surface area contributed by atoms with Crippen LogP contribution in [0.4, 0.5) is 10.1 Å². The quantitative estimate of drug-likeness (QED) is 0.865. The molecule has 2 rings (SSSR count). The predicted octanol–water partition coefficient (Wildman–Crippen LogP) is 3.32. The Balaban J connectivity index is 1.90. The molecule has 0 amide bonds. The Morgan fingerprint density at radius 3 is 2.65 bits per heavy atom. The lowest BCUT2D eigenvalue weighted by Crippen LogP contribution is -2.42. The maximum Gasteiger partial charge on any atom is 0.142 e. The van der Waals surface area contributed by atoms with Crippen LogP contribution in [0.25, 0.3) is 0 Å². The number of alkyl halides is 1. The highest BCUT2D eigenvalue weighted by Crippen LogP contribution is 2.26. The van der Waals surface area contributed by atoms with Gasteiger partial charge in [0.25, 0.3) is 0 Å². The Kier molecular flexibility index (Phi) is 5.65. The molecule has 1 fully saturated rings. The maximum atomic E-state index is 12.2. The second-order valence-corrected chi connectivity index (χ2v) is 5.58. The summed E-state index contributed by atoms with van der Waals surface area (Å²) in [5.41, 5.74) is 0.976. The van der Waals surface area contributed by atoms with Crippen molar-refractivity contribution < 1.29 is 9.13 Å². The van der Waals surface area contributed by atoms with Crippen LogP contribution in [0, 0.1) is 0 Å². The number of para-hydroxylation sites is 2. The molecule has 1 N–H and O–H groups in total. The lowest BCUT2D eigenvalue weighted by atomic mass is 10.0. The van der Waals surface area contributed by atoms with E-state index in [1.54, 1.807) is 0 Å². The molecule has 0 spiro atoms. The molecule has 1 saturated heterocycles. The van der Waals surface area contributed by atoms with Gasteiger partial charge >= 0.3 is 0 Å². The van der Waals surface area contributed by atoms with Crippen molar-refractivity contribution in [2.45, 2.75) is 38.8 Å². The van der Waals surface area contributed by atoms with E-state index < -0.39 is 6.67 Å². The molecular weight excluding hydrogens is 255 g/mol. The number of nitrogens with zero attached hydrogens (tertiary/aromatic N) is 1. The van der Waals surface area contributed by atoms with Crippen LogP contribution in [-0.4, -0.2) is 43.4 Å². The van der Waals surface area contributed by atoms with E-state index in [0.29, 0.717) is 12.1 Å². The van der Waals surface area contributed by atoms with Gasteiger partial charge in [0, 0.05) is 25.2 Å². The van der Waals surface area contributed by atoms with Crippen LogP contribution in [0.2, 0.25) is 0 Å². The van der Waals surface area contributed by atoms with Gasteiger partial charge in [0.05, 0.1) is 5.69 Å². The van der Waals surface area contributed by atoms with Gasteiger partial charge in [-0.05, 0) is 38.8 Å². The molecule has 1 aliphatic heterocycles. The van der Waals surface area contributed by atoms with Gasteiger partial charge in [-0.3, -0.25) is 0 Å². The Labute approximate surface area is 121 Å². The van der Waals surface area contributed by atoms with Gasteiger partial charge < -0.3 is 15.0 Å². The smallest absolute Gasteiger partial charge is 0.142 e. The molecule has 0 saturated carbocycles. The normalized spacial score (nSPS) is 17.4. The first kappa shape index (κ1) is 15.1. The van der Waals surface area contributed by atoms with Gasteiger partial charge in [0.15, 0.2) is 0 Å². The van der Waals surface area contributed by atoms with E-state index in [0.717, 1.165) is 37.4 Å². The minimum Gasteiger partial charge on any atom is -0.489 e. The summed E-state index contributed by atoms with van der Waals surface area (Å²) in [6.07, 6.45) is 2.27. The molecule has 3 nitrogen and oxygen atoms in total. The molecule has 0 radical (unpaired) electrons. The number of benzene rings is 1. The summed E-state index contributed by atoms with van der Waals surface area (Å²) in [7, 11) is 0. The van der Waals surface area contributed by atoms with Gasteiger partial charge in [-0.25, -0.2) is 4.39 Å². The Morgan fingerprint density at radius 2 is 2.00 bits per heavy atom. The Bertz CT molecular complexity index is 403.